The van der Waals surface area contributed by atoms with Crippen LogP contribution in [0.4, 0.5) is 0 Å². The first kappa shape index (κ1) is 16.0. The number of hydrogen-bond acceptors (Lipinski definition) is 3. The molecule has 0 fully saturated rings. The zero-order valence-corrected chi connectivity index (χ0v) is 13.5. The molecular formula is C16H23ClN4. The summed E-state index contributed by atoms with van der Waals surface area (Å²) in [6, 6.07) is 8.11. The molecule has 4 nitrogen and oxygen atoms in total. The van der Waals surface area contributed by atoms with Crippen LogP contribution >= 0.6 is 11.6 Å². The topological polar surface area (TPSA) is 42.7 Å². The van der Waals surface area contributed by atoms with E-state index in [-0.39, 0.29) is 0 Å². The van der Waals surface area contributed by atoms with Crippen LogP contribution in [0.15, 0.2) is 30.6 Å². The lowest BCUT2D eigenvalue weighted by atomic mass is 9.95. The maximum Gasteiger partial charge on any atom is 0.138 e. The largest absolute Gasteiger partial charge is 0.317 e. The van der Waals surface area contributed by atoms with Gasteiger partial charge >= 0.3 is 0 Å². The standard InChI is InChI=1S/C16H23ClN4/c1-3-18-11-14(9-13-5-7-15(17)8-6-13)10-16-19-12-20-21(16)4-2/h5-8,12,14,18H,3-4,9-11H2,1-2H3. The minimum absolute atomic E-state index is 0.501. The average Bonchev–Trinajstić information content (AvgIpc) is 2.94. The first-order valence-electron chi connectivity index (χ1n) is 7.54. The van der Waals surface area contributed by atoms with Crippen molar-refractivity contribution < 1.29 is 0 Å². The second-order valence-corrected chi connectivity index (χ2v) is 5.64. The van der Waals surface area contributed by atoms with Crippen LogP contribution in [0.5, 0.6) is 0 Å². The van der Waals surface area contributed by atoms with Crippen molar-refractivity contribution in [1.82, 2.24) is 20.1 Å². The highest BCUT2D eigenvalue weighted by atomic mass is 35.5. The highest BCUT2D eigenvalue weighted by Gasteiger charge is 2.14. The van der Waals surface area contributed by atoms with Gasteiger partial charge in [-0.15, -0.1) is 0 Å². The van der Waals surface area contributed by atoms with Crippen LogP contribution in [0.1, 0.15) is 25.2 Å². The third-order valence-corrected chi connectivity index (χ3v) is 3.84. The number of nitrogens with zero attached hydrogens (tertiary/aromatic N) is 3. The van der Waals surface area contributed by atoms with E-state index in [1.807, 2.05) is 16.8 Å². The summed E-state index contributed by atoms with van der Waals surface area (Å²) in [4.78, 5) is 4.39. The number of nitrogens with one attached hydrogen (secondary N) is 1. The van der Waals surface area contributed by atoms with Gasteiger partial charge in [0, 0.05) is 18.0 Å². The van der Waals surface area contributed by atoms with Crippen LogP contribution in [0.3, 0.4) is 0 Å². The van der Waals surface area contributed by atoms with E-state index >= 15 is 0 Å². The van der Waals surface area contributed by atoms with Gasteiger partial charge in [0.05, 0.1) is 0 Å². The van der Waals surface area contributed by atoms with Gasteiger partial charge in [-0.2, -0.15) is 5.10 Å². The molecule has 1 aromatic carbocycles. The Morgan fingerprint density at radius 2 is 1.95 bits per heavy atom. The molecular weight excluding hydrogens is 284 g/mol. The minimum atomic E-state index is 0.501. The fourth-order valence-electron chi connectivity index (χ4n) is 2.49. The Kier molecular flexibility index (Phi) is 6.21. The van der Waals surface area contributed by atoms with Crippen molar-refractivity contribution in [3.8, 4) is 0 Å². The summed E-state index contributed by atoms with van der Waals surface area (Å²) >= 11 is 5.95. The Labute approximate surface area is 131 Å². The predicted molar refractivity (Wildman–Crippen MR) is 86.6 cm³/mol. The number of aryl methyl sites for hydroxylation is 1. The minimum Gasteiger partial charge on any atom is -0.317 e. The van der Waals surface area contributed by atoms with Gasteiger partial charge in [-0.1, -0.05) is 30.7 Å². The van der Waals surface area contributed by atoms with Crippen molar-refractivity contribution in [3.63, 3.8) is 0 Å². The van der Waals surface area contributed by atoms with Gasteiger partial charge in [-0.25, -0.2) is 4.98 Å². The van der Waals surface area contributed by atoms with Gasteiger partial charge in [0.2, 0.25) is 0 Å². The summed E-state index contributed by atoms with van der Waals surface area (Å²) in [5, 5.41) is 8.49. The van der Waals surface area contributed by atoms with Crippen LogP contribution in [0.25, 0.3) is 0 Å². The second kappa shape index (κ2) is 8.15. The first-order valence-corrected chi connectivity index (χ1v) is 7.92. The number of benzene rings is 1. The van der Waals surface area contributed by atoms with E-state index < -0.39 is 0 Å². The zero-order valence-electron chi connectivity index (χ0n) is 12.7. The molecule has 0 amide bonds. The smallest absolute Gasteiger partial charge is 0.138 e. The van der Waals surface area contributed by atoms with Crippen molar-refractivity contribution >= 4 is 11.6 Å². The lowest BCUT2D eigenvalue weighted by Gasteiger charge is -2.17. The number of aromatic nitrogens is 3. The molecule has 0 spiro atoms. The van der Waals surface area contributed by atoms with Crippen molar-refractivity contribution in [1.29, 1.82) is 0 Å². The Morgan fingerprint density at radius 3 is 2.62 bits per heavy atom. The van der Waals surface area contributed by atoms with Gasteiger partial charge < -0.3 is 5.32 Å². The molecule has 1 heterocycles. The molecule has 2 aromatic rings. The molecule has 0 aliphatic rings. The van der Waals surface area contributed by atoms with Crippen LogP contribution in [-0.4, -0.2) is 27.9 Å². The van der Waals surface area contributed by atoms with Gasteiger partial charge in [0.15, 0.2) is 0 Å². The molecule has 1 aromatic heterocycles. The Balaban J connectivity index is 2.05. The lowest BCUT2D eigenvalue weighted by molar-refractivity contribution is 0.453. The summed E-state index contributed by atoms with van der Waals surface area (Å²) in [5.41, 5.74) is 1.31. The first-order chi connectivity index (χ1) is 10.2. The maximum atomic E-state index is 5.95. The summed E-state index contributed by atoms with van der Waals surface area (Å²) in [6.45, 7) is 7.06. The molecule has 1 atom stereocenters. The fraction of sp³-hybridized carbons (Fsp3) is 0.500. The molecule has 5 heteroatoms. The average molecular weight is 307 g/mol. The molecule has 21 heavy (non-hydrogen) atoms. The van der Waals surface area contributed by atoms with E-state index in [0.29, 0.717) is 5.92 Å². The summed E-state index contributed by atoms with van der Waals surface area (Å²) in [7, 11) is 0. The molecule has 0 radical (unpaired) electrons. The monoisotopic (exact) mass is 306 g/mol. The van der Waals surface area contributed by atoms with E-state index in [0.717, 1.165) is 43.3 Å². The number of rotatable bonds is 8. The third kappa shape index (κ3) is 4.83. The van der Waals surface area contributed by atoms with Crippen molar-refractivity contribution in [2.24, 2.45) is 5.92 Å². The Bertz CT molecular complexity index is 535. The van der Waals surface area contributed by atoms with Crippen LogP contribution in [0.2, 0.25) is 5.02 Å². The Hall–Kier alpha value is -1.39. The van der Waals surface area contributed by atoms with E-state index in [4.69, 9.17) is 11.6 Å². The van der Waals surface area contributed by atoms with Gasteiger partial charge in [-0.05, 0) is 50.0 Å². The SMILES string of the molecule is CCNCC(Cc1ccc(Cl)cc1)Cc1ncnn1CC. The van der Waals surface area contributed by atoms with E-state index in [1.165, 1.54) is 5.56 Å². The molecule has 0 bridgehead atoms. The molecule has 0 aliphatic carbocycles. The van der Waals surface area contributed by atoms with Gasteiger partial charge in [0.1, 0.15) is 12.2 Å². The molecule has 0 aliphatic heterocycles. The lowest BCUT2D eigenvalue weighted by Crippen LogP contribution is -2.26. The van der Waals surface area contributed by atoms with E-state index in [2.05, 4.69) is 41.4 Å². The molecule has 2 rings (SSSR count). The van der Waals surface area contributed by atoms with Gasteiger partial charge in [0.25, 0.3) is 0 Å². The van der Waals surface area contributed by atoms with E-state index in [1.54, 1.807) is 6.33 Å². The summed E-state index contributed by atoms with van der Waals surface area (Å²) in [6.07, 6.45) is 3.59. The Morgan fingerprint density at radius 1 is 1.19 bits per heavy atom. The molecule has 1 unspecified atom stereocenters. The normalized spacial score (nSPS) is 12.5. The van der Waals surface area contributed by atoms with Crippen molar-refractivity contribution in [3.05, 3.63) is 47.0 Å². The second-order valence-electron chi connectivity index (χ2n) is 5.20. The number of halogens is 1. The fourth-order valence-corrected chi connectivity index (χ4v) is 2.61. The quantitative estimate of drug-likeness (QED) is 0.815. The maximum absolute atomic E-state index is 5.95. The van der Waals surface area contributed by atoms with Crippen LogP contribution in [0, 0.1) is 5.92 Å². The summed E-state index contributed by atoms with van der Waals surface area (Å²) in [5.74, 6) is 1.56. The third-order valence-electron chi connectivity index (χ3n) is 3.59. The number of hydrogen-bond donors (Lipinski definition) is 1. The van der Waals surface area contributed by atoms with Crippen molar-refractivity contribution in [2.75, 3.05) is 13.1 Å². The van der Waals surface area contributed by atoms with Gasteiger partial charge in [-0.3, -0.25) is 4.68 Å². The molecule has 0 saturated heterocycles. The molecule has 114 valence electrons. The summed E-state index contributed by atoms with van der Waals surface area (Å²) < 4.78 is 1.97. The zero-order chi connectivity index (χ0) is 15.1. The van der Waals surface area contributed by atoms with Crippen LogP contribution in [-0.2, 0) is 19.4 Å². The predicted octanol–water partition coefficient (Wildman–Crippen LogP) is 2.96. The van der Waals surface area contributed by atoms with E-state index in [9.17, 15) is 0 Å². The molecule has 0 saturated carbocycles. The highest BCUT2D eigenvalue weighted by Crippen LogP contribution is 2.16. The highest BCUT2D eigenvalue weighted by molar-refractivity contribution is 6.30. The van der Waals surface area contributed by atoms with Crippen molar-refractivity contribution in [2.45, 2.75) is 33.2 Å². The molecule has 1 N–H and O–H groups in total. The van der Waals surface area contributed by atoms with Crippen LogP contribution < -0.4 is 5.32 Å².